The Labute approximate surface area is 180 Å². The van der Waals surface area contributed by atoms with Crippen molar-refractivity contribution in [2.75, 3.05) is 0 Å². The maximum atomic E-state index is 13.8. The Kier molecular flexibility index (Phi) is 6.04. The number of hydrogen-bond donors (Lipinski definition) is 1. The fourth-order valence-corrected chi connectivity index (χ4v) is 8.07. The van der Waals surface area contributed by atoms with E-state index in [2.05, 4.69) is 95.0 Å². The van der Waals surface area contributed by atoms with Gasteiger partial charge >= 0.3 is 0 Å². The molecular formula is C26H31N2OP. The number of fused-ring (bicyclic) bond motifs is 1. The minimum atomic E-state index is -1.90. The van der Waals surface area contributed by atoms with Gasteiger partial charge in [-0.05, 0) is 24.0 Å². The smallest absolute Gasteiger partial charge is 0.146 e. The Morgan fingerprint density at radius 3 is 2.40 bits per heavy atom. The molecule has 2 aliphatic carbocycles. The zero-order valence-corrected chi connectivity index (χ0v) is 18.4. The Balaban J connectivity index is 1.44. The van der Waals surface area contributed by atoms with Gasteiger partial charge in [-0.2, -0.15) is 0 Å². The number of allylic oxidation sites excluding steroid dienone is 3. The highest BCUT2D eigenvalue weighted by atomic mass is 31.1. The van der Waals surface area contributed by atoms with Crippen LogP contribution in [0.4, 0.5) is 0 Å². The zero-order chi connectivity index (χ0) is 20.3. The third-order valence-corrected chi connectivity index (χ3v) is 9.29. The van der Waals surface area contributed by atoms with Gasteiger partial charge < -0.3 is 9.88 Å². The van der Waals surface area contributed by atoms with Crippen LogP contribution in [0.25, 0.3) is 0 Å². The molecule has 1 unspecified atom stereocenters. The molecule has 0 bridgehead atoms. The molecule has 30 heavy (non-hydrogen) atoms. The lowest BCUT2D eigenvalue weighted by molar-refractivity contribution is 0.160. The lowest BCUT2D eigenvalue weighted by atomic mass is 9.84. The van der Waals surface area contributed by atoms with Crippen LogP contribution in [0.2, 0.25) is 0 Å². The van der Waals surface area contributed by atoms with Crippen molar-refractivity contribution in [2.24, 2.45) is 5.92 Å². The molecule has 1 N–H and O–H groups in total. The van der Waals surface area contributed by atoms with Crippen molar-refractivity contribution in [1.29, 1.82) is 0 Å². The first kappa shape index (κ1) is 20.0. The summed E-state index contributed by atoms with van der Waals surface area (Å²) < 4.78 is 16.3. The van der Waals surface area contributed by atoms with Gasteiger partial charge in [0.1, 0.15) is 7.95 Å². The summed E-state index contributed by atoms with van der Waals surface area (Å²) in [5.41, 5.74) is 2.77. The second-order valence-electron chi connectivity index (χ2n) is 8.80. The topological polar surface area (TPSA) is 32.3 Å². The second kappa shape index (κ2) is 9.06. The van der Waals surface area contributed by atoms with Crippen LogP contribution in [0, 0.1) is 5.92 Å². The van der Waals surface area contributed by atoms with Crippen LogP contribution in [0.3, 0.4) is 0 Å². The molecule has 2 aromatic carbocycles. The van der Waals surface area contributed by atoms with Gasteiger partial charge in [0.05, 0.1) is 0 Å². The van der Waals surface area contributed by atoms with Gasteiger partial charge in [0.15, 0.2) is 0 Å². The maximum Gasteiger partial charge on any atom is 0.146 e. The van der Waals surface area contributed by atoms with Crippen molar-refractivity contribution < 1.29 is 4.57 Å². The highest BCUT2D eigenvalue weighted by Gasteiger charge is 2.50. The van der Waals surface area contributed by atoms with Gasteiger partial charge in [0.2, 0.25) is 0 Å². The van der Waals surface area contributed by atoms with Crippen molar-refractivity contribution in [3.63, 3.8) is 0 Å². The molecule has 4 heteroatoms. The quantitative estimate of drug-likeness (QED) is 0.630. The van der Waals surface area contributed by atoms with Crippen LogP contribution in [-0.2, 0) is 11.1 Å². The fourth-order valence-electron chi connectivity index (χ4n) is 5.60. The van der Waals surface area contributed by atoms with Crippen LogP contribution in [-0.4, -0.2) is 22.4 Å². The van der Waals surface area contributed by atoms with Gasteiger partial charge in [0.25, 0.3) is 0 Å². The minimum absolute atomic E-state index is 0.155. The van der Waals surface area contributed by atoms with Crippen LogP contribution < -0.4 is 5.32 Å². The van der Waals surface area contributed by atoms with E-state index in [4.69, 9.17) is 0 Å². The summed E-state index contributed by atoms with van der Waals surface area (Å²) in [6, 6.07) is 22.3. The summed E-state index contributed by atoms with van der Waals surface area (Å²) in [4.78, 5) is 0. The third-order valence-electron chi connectivity index (χ3n) is 7.02. The summed E-state index contributed by atoms with van der Waals surface area (Å²) >= 11 is 0. The van der Waals surface area contributed by atoms with Crippen molar-refractivity contribution in [3.05, 3.63) is 96.1 Å². The van der Waals surface area contributed by atoms with E-state index in [1.54, 1.807) is 0 Å². The molecule has 6 atom stereocenters. The Bertz CT molecular complexity index is 927. The SMILES string of the molecule is O=[PH]1[C@@H]2C=CC=C[C@@H]2[C@@H](c2ccccc2)N1[C@H]1CCCC[C@@H]1NCc1ccccc1. The van der Waals surface area contributed by atoms with Crippen molar-refractivity contribution in [1.82, 2.24) is 9.99 Å². The summed E-state index contributed by atoms with van der Waals surface area (Å²) in [5.74, 6) is 0.306. The largest absolute Gasteiger partial charge is 0.309 e. The van der Waals surface area contributed by atoms with E-state index in [1.165, 1.54) is 24.0 Å². The van der Waals surface area contributed by atoms with Crippen LogP contribution in [0.1, 0.15) is 42.9 Å². The van der Waals surface area contributed by atoms with E-state index in [0.29, 0.717) is 18.0 Å². The van der Waals surface area contributed by atoms with E-state index in [0.717, 1.165) is 19.4 Å². The summed E-state index contributed by atoms with van der Waals surface area (Å²) in [6.07, 6.45) is 13.5. The average molecular weight is 419 g/mol. The van der Waals surface area contributed by atoms with Crippen molar-refractivity contribution in [3.8, 4) is 0 Å². The van der Waals surface area contributed by atoms with E-state index in [1.807, 2.05) is 0 Å². The maximum absolute atomic E-state index is 13.8. The van der Waals surface area contributed by atoms with E-state index in [-0.39, 0.29) is 11.7 Å². The van der Waals surface area contributed by atoms with Gasteiger partial charge in [-0.25, -0.2) is 4.67 Å². The van der Waals surface area contributed by atoms with Crippen molar-refractivity contribution in [2.45, 2.75) is 56.0 Å². The molecule has 0 amide bonds. The molecule has 1 heterocycles. The predicted octanol–water partition coefficient (Wildman–Crippen LogP) is 5.73. The molecule has 2 fully saturated rings. The number of nitrogens with zero attached hydrogens (tertiary/aromatic N) is 1. The second-order valence-corrected chi connectivity index (χ2v) is 10.7. The van der Waals surface area contributed by atoms with E-state index < -0.39 is 7.95 Å². The molecule has 1 saturated heterocycles. The normalized spacial score (nSPS) is 33.5. The highest BCUT2D eigenvalue weighted by molar-refractivity contribution is 7.43. The van der Waals surface area contributed by atoms with Crippen LogP contribution in [0.15, 0.2) is 85.0 Å². The number of hydrogen-bond acceptors (Lipinski definition) is 2. The minimum Gasteiger partial charge on any atom is -0.309 e. The number of rotatable bonds is 5. The van der Waals surface area contributed by atoms with Crippen molar-refractivity contribution >= 4 is 7.95 Å². The third kappa shape index (κ3) is 3.87. The standard InChI is InChI=1S/C26H31N2OP/c29-30-25-18-10-7-15-22(25)26(21-13-5-2-6-14-21)28(30)24-17-9-8-16-23(24)27-19-20-11-3-1-4-12-20/h1-7,10-15,18,22-27,30H,8-9,16-17,19H2/t22-,23-,24-,25+,26+/m0/s1. The molecule has 5 rings (SSSR count). The predicted molar refractivity (Wildman–Crippen MR) is 125 cm³/mol. The average Bonchev–Trinajstić information content (AvgIpc) is 3.11. The summed E-state index contributed by atoms with van der Waals surface area (Å²) in [5, 5.41) is 3.84. The monoisotopic (exact) mass is 418 g/mol. The zero-order valence-electron chi connectivity index (χ0n) is 17.4. The first-order chi connectivity index (χ1) is 14.8. The van der Waals surface area contributed by atoms with Gasteiger partial charge in [-0.15, -0.1) is 0 Å². The van der Waals surface area contributed by atoms with E-state index >= 15 is 0 Å². The number of nitrogens with one attached hydrogen (secondary N) is 1. The van der Waals surface area contributed by atoms with Gasteiger partial charge in [-0.3, -0.25) is 0 Å². The first-order valence-corrected chi connectivity index (χ1v) is 12.8. The van der Waals surface area contributed by atoms with Gasteiger partial charge in [0, 0.05) is 36.2 Å². The lowest BCUT2D eigenvalue weighted by Crippen LogP contribution is -2.49. The molecular weight excluding hydrogens is 387 g/mol. The fraction of sp³-hybridized carbons (Fsp3) is 0.385. The first-order valence-electron chi connectivity index (χ1n) is 11.3. The molecule has 1 aliphatic heterocycles. The summed E-state index contributed by atoms with van der Waals surface area (Å²) in [6.45, 7) is 0.874. The van der Waals surface area contributed by atoms with Crippen LogP contribution in [0.5, 0.6) is 0 Å². The van der Waals surface area contributed by atoms with E-state index in [9.17, 15) is 4.57 Å². The lowest BCUT2D eigenvalue weighted by Gasteiger charge is -2.41. The molecule has 0 radical (unpaired) electrons. The highest BCUT2D eigenvalue weighted by Crippen LogP contribution is 2.59. The molecule has 156 valence electrons. The summed E-state index contributed by atoms with van der Waals surface area (Å²) in [7, 11) is -1.90. The molecule has 3 nitrogen and oxygen atoms in total. The molecule has 0 aromatic heterocycles. The number of benzene rings is 2. The molecule has 1 saturated carbocycles. The molecule has 2 aromatic rings. The molecule has 3 aliphatic rings. The van der Waals surface area contributed by atoms with Crippen LogP contribution >= 0.6 is 7.95 Å². The van der Waals surface area contributed by atoms with Gasteiger partial charge in [-0.1, -0.05) is 97.8 Å². The Morgan fingerprint density at radius 2 is 1.60 bits per heavy atom. The Hall–Kier alpha value is -1.93. The molecule has 0 spiro atoms. The Morgan fingerprint density at radius 1 is 0.900 bits per heavy atom.